The van der Waals surface area contributed by atoms with Gasteiger partial charge in [-0.2, -0.15) is 0 Å². The maximum atomic E-state index is 13.3. The molecule has 9 heteroatoms. The smallest absolute Gasteiger partial charge is 0.414 e. The first-order valence-electron chi connectivity index (χ1n) is 12.8. The fraction of sp³-hybridized carbons (Fsp3) is 0.429. The summed E-state index contributed by atoms with van der Waals surface area (Å²) in [6.07, 6.45) is 5.37. The van der Waals surface area contributed by atoms with Gasteiger partial charge in [-0.05, 0) is 63.3 Å². The van der Waals surface area contributed by atoms with Gasteiger partial charge in [-0.3, -0.25) is 14.2 Å². The molecule has 1 atom stereocenters. The van der Waals surface area contributed by atoms with Gasteiger partial charge in [-0.1, -0.05) is 43.5 Å². The minimum absolute atomic E-state index is 0.312. The molecule has 0 radical (unpaired) electrons. The van der Waals surface area contributed by atoms with Gasteiger partial charge in [0.05, 0.1) is 11.4 Å². The van der Waals surface area contributed by atoms with Crippen LogP contribution < -0.4 is 9.62 Å². The monoisotopic (exact) mass is 523 g/mol. The molecule has 1 aromatic heterocycles. The zero-order chi connectivity index (χ0) is 26.3. The lowest BCUT2D eigenvalue weighted by molar-refractivity contribution is 0.0579. The molecule has 196 valence electrons. The quantitative estimate of drug-likeness (QED) is 0.412. The van der Waals surface area contributed by atoms with Crippen LogP contribution >= 0.6 is 0 Å². The summed E-state index contributed by atoms with van der Waals surface area (Å²) in [7, 11) is 0. The number of aromatic nitrogens is 1. The number of amides is 2. The summed E-state index contributed by atoms with van der Waals surface area (Å²) in [5.74, 6) is -0.236. The van der Waals surface area contributed by atoms with Crippen LogP contribution in [0, 0.1) is 0 Å². The van der Waals surface area contributed by atoms with Crippen molar-refractivity contribution in [2.45, 2.75) is 70.9 Å². The fourth-order valence-electron chi connectivity index (χ4n) is 5.72. The summed E-state index contributed by atoms with van der Waals surface area (Å²) in [4.78, 5) is 27.6. The fourth-order valence-corrected chi connectivity index (χ4v) is 6.00. The maximum Gasteiger partial charge on any atom is 0.414 e. The number of fused-ring (bicyclic) bond motifs is 5. The van der Waals surface area contributed by atoms with Crippen molar-refractivity contribution < 1.29 is 23.1 Å². The van der Waals surface area contributed by atoms with Crippen LogP contribution in [0.15, 0.2) is 42.5 Å². The molecule has 2 amide bonds. The van der Waals surface area contributed by atoms with Crippen molar-refractivity contribution in [3.63, 3.8) is 0 Å². The zero-order valence-corrected chi connectivity index (χ0v) is 22.3. The van der Waals surface area contributed by atoms with Gasteiger partial charge in [0.2, 0.25) is 0 Å². The Morgan fingerprint density at radius 2 is 1.78 bits per heavy atom. The van der Waals surface area contributed by atoms with E-state index in [1.165, 1.54) is 24.8 Å². The average molecular weight is 524 g/mol. The number of nitrogens with one attached hydrogen (secondary N) is 1. The predicted molar refractivity (Wildman–Crippen MR) is 145 cm³/mol. The molecule has 5 rings (SSSR count). The van der Waals surface area contributed by atoms with Gasteiger partial charge < -0.3 is 9.30 Å². The Morgan fingerprint density at radius 3 is 2.49 bits per heavy atom. The maximum absolute atomic E-state index is 13.3. The Labute approximate surface area is 219 Å². The van der Waals surface area contributed by atoms with Crippen molar-refractivity contribution in [2.75, 3.05) is 11.4 Å². The standard InChI is InChI=1S/C28H33N3O5S/c1-28(2,3)36-27(33)31-16-15-30-23-17-19(26(32)29-37(34)35)13-14-20(23)24(18-9-5-4-6-10-18)25(30)21-11-7-8-12-22(21)31/h7-8,11-14,17-18H,4-6,9-10,15-16H2,1-3H3,(H,29,32)(H,34,35). The molecule has 2 heterocycles. The third-order valence-corrected chi connectivity index (χ3v) is 7.53. The van der Waals surface area contributed by atoms with E-state index in [9.17, 15) is 13.8 Å². The van der Waals surface area contributed by atoms with Gasteiger partial charge in [0.1, 0.15) is 5.60 Å². The summed E-state index contributed by atoms with van der Waals surface area (Å²) >= 11 is -2.45. The van der Waals surface area contributed by atoms with Crippen LogP contribution in [0.1, 0.15) is 74.7 Å². The van der Waals surface area contributed by atoms with Gasteiger partial charge in [0.25, 0.3) is 17.2 Å². The van der Waals surface area contributed by atoms with Crippen molar-refractivity contribution in [2.24, 2.45) is 0 Å². The van der Waals surface area contributed by atoms with E-state index in [1.807, 2.05) is 45.0 Å². The molecule has 1 unspecified atom stereocenters. The van der Waals surface area contributed by atoms with E-state index in [2.05, 4.69) is 15.4 Å². The van der Waals surface area contributed by atoms with Crippen LogP contribution in [0.5, 0.6) is 0 Å². The van der Waals surface area contributed by atoms with Gasteiger partial charge in [0.15, 0.2) is 0 Å². The van der Waals surface area contributed by atoms with Gasteiger partial charge in [-0.15, -0.1) is 0 Å². The SMILES string of the molecule is CC(C)(C)OC(=O)N1CCn2c(c(C3CCCCC3)c3ccc(C(=O)NS(=O)O)cc32)-c2ccccc21. The van der Waals surface area contributed by atoms with Crippen LogP contribution in [0.2, 0.25) is 0 Å². The lowest BCUT2D eigenvalue weighted by Crippen LogP contribution is -2.38. The number of hydrogen-bond acceptors (Lipinski definition) is 4. The van der Waals surface area contributed by atoms with Gasteiger partial charge in [-0.25, -0.2) is 13.7 Å². The average Bonchev–Trinajstić information content (AvgIpc) is 3.06. The first kappa shape index (κ1) is 25.5. The third kappa shape index (κ3) is 5.02. The Kier molecular flexibility index (Phi) is 6.85. The molecule has 3 aromatic rings. The van der Waals surface area contributed by atoms with E-state index < -0.39 is 22.8 Å². The van der Waals surface area contributed by atoms with E-state index in [-0.39, 0.29) is 6.09 Å². The van der Waals surface area contributed by atoms with Gasteiger partial charge >= 0.3 is 6.09 Å². The highest BCUT2D eigenvalue weighted by molar-refractivity contribution is 7.77. The molecule has 0 saturated heterocycles. The molecule has 2 aliphatic rings. The van der Waals surface area contributed by atoms with E-state index in [0.29, 0.717) is 24.6 Å². The zero-order valence-electron chi connectivity index (χ0n) is 21.5. The summed E-state index contributed by atoms with van der Waals surface area (Å²) in [5.41, 5.74) is 4.68. The molecule has 1 fully saturated rings. The number of anilines is 1. The summed E-state index contributed by atoms with van der Waals surface area (Å²) < 4.78 is 30.4. The van der Waals surface area contributed by atoms with Crippen molar-refractivity contribution in [3.05, 3.63) is 53.6 Å². The first-order chi connectivity index (χ1) is 17.6. The number of para-hydroxylation sites is 1. The first-order valence-corrected chi connectivity index (χ1v) is 13.9. The Balaban J connectivity index is 1.71. The molecule has 2 N–H and O–H groups in total. The number of nitrogens with zero attached hydrogens (tertiary/aromatic N) is 2. The molecule has 0 spiro atoms. The lowest BCUT2D eigenvalue weighted by atomic mass is 9.81. The Bertz CT molecular complexity index is 1380. The largest absolute Gasteiger partial charge is 0.443 e. The second kappa shape index (κ2) is 9.95. The predicted octanol–water partition coefficient (Wildman–Crippen LogP) is 5.98. The van der Waals surface area contributed by atoms with E-state index in [0.717, 1.165) is 40.7 Å². The van der Waals surface area contributed by atoms with Gasteiger partial charge in [0, 0.05) is 35.1 Å². The van der Waals surface area contributed by atoms with Crippen LogP contribution in [0.4, 0.5) is 10.5 Å². The number of carbonyl (C=O) groups is 2. The molecule has 8 nitrogen and oxygen atoms in total. The topological polar surface area (TPSA) is 101 Å². The second-order valence-electron chi connectivity index (χ2n) is 10.8. The van der Waals surface area contributed by atoms with Crippen LogP contribution in [0.25, 0.3) is 22.2 Å². The van der Waals surface area contributed by atoms with Crippen molar-refractivity contribution >= 4 is 39.9 Å². The number of benzene rings is 2. The minimum Gasteiger partial charge on any atom is -0.443 e. The molecule has 0 bridgehead atoms. The highest BCUT2D eigenvalue weighted by Gasteiger charge is 2.33. The minimum atomic E-state index is -2.45. The molecule has 1 saturated carbocycles. The van der Waals surface area contributed by atoms with Crippen molar-refractivity contribution in [3.8, 4) is 11.3 Å². The second-order valence-corrected chi connectivity index (χ2v) is 11.5. The summed E-state index contributed by atoms with van der Waals surface area (Å²) in [6, 6.07) is 13.4. The number of ether oxygens (including phenoxy) is 1. The number of rotatable bonds is 3. The van der Waals surface area contributed by atoms with E-state index in [4.69, 9.17) is 9.29 Å². The normalized spacial score (nSPS) is 17.0. The molecule has 1 aliphatic heterocycles. The van der Waals surface area contributed by atoms with E-state index in [1.54, 1.807) is 17.0 Å². The van der Waals surface area contributed by atoms with Crippen LogP contribution in [0.3, 0.4) is 0 Å². The van der Waals surface area contributed by atoms with Crippen LogP contribution in [-0.4, -0.2) is 37.5 Å². The summed E-state index contributed by atoms with van der Waals surface area (Å²) in [5, 5.41) is 1.09. The third-order valence-electron chi connectivity index (χ3n) is 7.17. The highest BCUT2D eigenvalue weighted by Crippen LogP contribution is 2.47. The lowest BCUT2D eigenvalue weighted by Gasteiger charge is -2.28. The molecular weight excluding hydrogens is 490 g/mol. The Hall–Kier alpha value is -3.17. The molecule has 37 heavy (non-hydrogen) atoms. The summed E-state index contributed by atoms with van der Waals surface area (Å²) in [6.45, 7) is 6.50. The van der Waals surface area contributed by atoms with Crippen molar-refractivity contribution in [1.82, 2.24) is 9.29 Å². The van der Waals surface area contributed by atoms with Crippen LogP contribution in [-0.2, 0) is 22.5 Å². The van der Waals surface area contributed by atoms with Crippen molar-refractivity contribution in [1.29, 1.82) is 0 Å². The highest BCUT2D eigenvalue weighted by atomic mass is 32.2. The van der Waals surface area contributed by atoms with E-state index >= 15 is 0 Å². The molecule has 1 aliphatic carbocycles. The number of hydrogen-bond donors (Lipinski definition) is 2. The molecule has 2 aromatic carbocycles. The molecular formula is C28H33N3O5S. The Morgan fingerprint density at radius 1 is 1.05 bits per heavy atom. The number of carbonyl (C=O) groups excluding carboxylic acids is 2.